The van der Waals surface area contributed by atoms with E-state index in [-0.39, 0.29) is 11.2 Å². The van der Waals surface area contributed by atoms with Gasteiger partial charge in [-0.05, 0) is 43.5 Å². The van der Waals surface area contributed by atoms with Crippen molar-refractivity contribution in [3.63, 3.8) is 0 Å². The van der Waals surface area contributed by atoms with Crippen LogP contribution in [0.5, 0.6) is 0 Å². The Labute approximate surface area is 110 Å². The number of hydrogen-bond acceptors (Lipinski definition) is 1. The molecular weight excluding hydrogens is 225 g/mol. The first-order valence-corrected chi connectivity index (χ1v) is 6.99. The summed E-state index contributed by atoms with van der Waals surface area (Å²) < 4.78 is 13.0. The standard InChI is InChI=1S/C16H24FN/c1-16(2,13-8-10-14(17)11-9-13)15(18-3)12-6-4-5-7-12/h8-12,15,18H,4-7H2,1-3H3. The predicted octanol–water partition coefficient (Wildman–Crippen LogP) is 3.88. The summed E-state index contributed by atoms with van der Waals surface area (Å²) in [7, 11) is 2.05. The highest BCUT2D eigenvalue weighted by Gasteiger charge is 2.36. The van der Waals surface area contributed by atoms with Gasteiger partial charge in [-0.25, -0.2) is 4.39 Å². The van der Waals surface area contributed by atoms with Crippen LogP contribution in [0.3, 0.4) is 0 Å². The summed E-state index contributed by atoms with van der Waals surface area (Å²) in [5.41, 5.74) is 1.26. The lowest BCUT2D eigenvalue weighted by Crippen LogP contribution is -2.47. The molecule has 2 rings (SSSR count). The van der Waals surface area contributed by atoms with E-state index in [1.165, 1.54) is 31.2 Å². The molecule has 1 unspecified atom stereocenters. The topological polar surface area (TPSA) is 12.0 Å². The number of halogens is 1. The minimum Gasteiger partial charge on any atom is -0.316 e. The average molecular weight is 249 g/mol. The first-order chi connectivity index (χ1) is 8.55. The highest BCUT2D eigenvalue weighted by molar-refractivity contribution is 5.27. The molecule has 0 aromatic heterocycles. The van der Waals surface area contributed by atoms with Gasteiger partial charge in [0, 0.05) is 11.5 Å². The normalized spacial score (nSPS) is 19.1. The molecule has 18 heavy (non-hydrogen) atoms. The van der Waals surface area contributed by atoms with E-state index < -0.39 is 0 Å². The van der Waals surface area contributed by atoms with Crippen LogP contribution in [-0.2, 0) is 5.41 Å². The second kappa shape index (κ2) is 5.40. The zero-order valence-corrected chi connectivity index (χ0v) is 11.7. The molecule has 1 saturated carbocycles. The molecule has 100 valence electrons. The van der Waals surface area contributed by atoms with Gasteiger partial charge in [-0.3, -0.25) is 0 Å². The second-order valence-corrected chi connectivity index (χ2v) is 6.04. The lowest BCUT2D eigenvalue weighted by molar-refractivity contribution is 0.259. The van der Waals surface area contributed by atoms with Gasteiger partial charge in [-0.1, -0.05) is 38.8 Å². The fourth-order valence-corrected chi connectivity index (χ4v) is 3.54. The highest BCUT2D eigenvalue weighted by atomic mass is 19.1. The molecule has 1 aliphatic carbocycles. The monoisotopic (exact) mass is 249 g/mol. The second-order valence-electron chi connectivity index (χ2n) is 6.04. The molecule has 1 aromatic rings. The van der Waals surface area contributed by atoms with E-state index in [9.17, 15) is 4.39 Å². The van der Waals surface area contributed by atoms with Gasteiger partial charge in [0.15, 0.2) is 0 Å². The zero-order valence-electron chi connectivity index (χ0n) is 11.7. The Balaban J connectivity index is 2.23. The largest absolute Gasteiger partial charge is 0.316 e. The predicted molar refractivity (Wildman–Crippen MR) is 74.2 cm³/mol. The van der Waals surface area contributed by atoms with Crippen LogP contribution in [0.1, 0.15) is 45.1 Å². The molecule has 0 saturated heterocycles. The summed E-state index contributed by atoms with van der Waals surface area (Å²) in [6.07, 6.45) is 5.33. The Morgan fingerprint density at radius 3 is 2.22 bits per heavy atom. The molecule has 0 spiro atoms. The fraction of sp³-hybridized carbons (Fsp3) is 0.625. The summed E-state index contributed by atoms with van der Waals surface area (Å²) in [6.45, 7) is 4.53. The van der Waals surface area contributed by atoms with Crippen molar-refractivity contribution >= 4 is 0 Å². The highest BCUT2D eigenvalue weighted by Crippen LogP contribution is 2.38. The van der Waals surface area contributed by atoms with Gasteiger partial charge in [-0.2, -0.15) is 0 Å². The molecule has 1 aliphatic rings. The van der Waals surface area contributed by atoms with E-state index >= 15 is 0 Å². The molecule has 1 atom stereocenters. The molecule has 0 bridgehead atoms. The SMILES string of the molecule is CNC(C1CCCC1)C(C)(C)c1ccc(F)cc1. The van der Waals surface area contributed by atoms with Crippen LogP contribution in [0.15, 0.2) is 24.3 Å². The molecule has 0 heterocycles. The maximum absolute atomic E-state index is 13.0. The molecule has 0 aliphatic heterocycles. The number of hydrogen-bond donors (Lipinski definition) is 1. The van der Waals surface area contributed by atoms with Crippen LogP contribution >= 0.6 is 0 Å². The quantitative estimate of drug-likeness (QED) is 0.854. The van der Waals surface area contributed by atoms with Gasteiger partial charge in [0.25, 0.3) is 0 Å². The van der Waals surface area contributed by atoms with E-state index in [0.717, 1.165) is 5.92 Å². The molecule has 2 heteroatoms. The number of likely N-dealkylation sites (N-methyl/N-ethyl adjacent to an activating group) is 1. The van der Waals surface area contributed by atoms with Gasteiger partial charge in [0.2, 0.25) is 0 Å². The Hall–Kier alpha value is -0.890. The Kier molecular flexibility index (Phi) is 4.06. The van der Waals surface area contributed by atoms with Gasteiger partial charge >= 0.3 is 0 Å². The van der Waals surface area contributed by atoms with Crippen molar-refractivity contribution in [1.29, 1.82) is 0 Å². The third kappa shape index (κ3) is 2.59. The Morgan fingerprint density at radius 1 is 1.17 bits per heavy atom. The van der Waals surface area contributed by atoms with E-state index in [1.807, 2.05) is 19.2 Å². The molecule has 1 fully saturated rings. The van der Waals surface area contributed by atoms with E-state index in [4.69, 9.17) is 0 Å². The minimum atomic E-state index is -0.156. The van der Waals surface area contributed by atoms with E-state index in [1.54, 1.807) is 12.1 Å². The van der Waals surface area contributed by atoms with Crippen LogP contribution in [0.2, 0.25) is 0 Å². The van der Waals surface area contributed by atoms with Crippen LogP contribution < -0.4 is 5.32 Å². The maximum atomic E-state index is 13.0. The number of rotatable bonds is 4. The smallest absolute Gasteiger partial charge is 0.123 e. The minimum absolute atomic E-state index is 0.0391. The van der Waals surface area contributed by atoms with Crippen molar-refractivity contribution in [2.45, 2.75) is 51.0 Å². The first-order valence-electron chi connectivity index (χ1n) is 6.99. The van der Waals surface area contributed by atoms with Gasteiger partial charge in [0.05, 0.1) is 0 Å². The van der Waals surface area contributed by atoms with Gasteiger partial charge in [-0.15, -0.1) is 0 Å². The van der Waals surface area contributed by atoms with Gasteiger partial charge < -0.3 is 5.32 Å². The molecule has 1 N–H and O–H groups in total. The number of nitrogens with one attached hydrogen (secondary N) is 1. The fourth-order valence-electron chi connectivity index (χ4n) is 3.54. The van der Waals surface area contributed by atoms with Crippen LogP contribution in [0.25, 0.3) is 0 Å². The van der Waals surface area contributed by atoms with Crippen LogP contribution in [0, 0.1) is 11.7 Å². The number of benzene rings is 1. The third-order valence-corrected chi connectivity index (χ3v) is 4.55. The lowest BCUT2D eigenvalue weighted by Gasteiger charge is -2.39. The Bertz CT molecular complexity index is 377. The Morgan fingerprint density at radius 2 is 1.72 bits per heavy atom. The van der Waals surface area contributed by atoms with Crippen molar-refractivity contribution < 1.29 is 4.39 Å². The molecule has 1 nitrogen and oxygen atoms in total. The van der Waals surface area contributed by atoms with Crippen molar-refractivity contribution in [2.75, 3.05) is 7.05 Å². The summed E-state index contributed by atoms with van der Waals surface area (Å²) in [6, 6.07) is 7.45. The van der Waals surface area contributed by atoms with Crippen molar-refractivity contribution in [3.05, 3.63) is 35.6 Å². The molecule has 0 radical (unpaired) electrons. The summed E-state index contributed by atoms with van der Waals surface area (Å²) in [5, 5.41) is 3.50. The average Bonchev–Trinajstić information content (AvgIpc) is 2.84. The van der Waals surface area contributed by atoms with Crippen molar-refractivity contribution in [1.82, 2.24) is 5.32 Å². The van der Waals surface area contributed by atoms with Crippen molar-refractivity contribution in [2.24, 2.45) is 5.92 Å². The van der Waals surface area contributed by atoms with Crippen LogP contribution in [0.4, 0.5) is 4.39 Å². The van der Waals surface area contributed by atoms with E-state index in [0.29, 0.717) is 6.04 Å². The summed E-state index contributed by atoms with van der Waals surface area (Å²) >= 11 is 0. The lowest BCUT2D eigenvalue weighted by atomic mass is 9.72. The zero-order chi connectivity index (χ0) is 13.2. The maximum Gasteiger partial charge on any atom is 0.123 e. The van der Waals surface area contributed by atoms with Crippen molar-refractivity contribution in [3.8, 4) is 0 Å². The molecule has 0 amide bonds. The molecular formula is C16H24FN. The summed E-state index contributed by atoms with van der Waals surface area (Å²) in [5.74, 6) is 0.589. The summed E-state index contributed by atoms with van der Waals surface area (Å²) in [4.78, 5) is 0. The van der Waals surface area contributed by atoms with Gasteiger partial charge in [0.1, 0.15) is 5.82 Å². The third-order valence-electron chi connectivity index (χ3n) is 4.55. The van der Waals surface area contributed by atoms with E-state index in [2.05, 4.69) is 19.2 Å². The molecule has 1 aromatic carbocycles. The first kappa shape index (κ1) is 13.5. The van der Waals surface area contributed by atoms with Crippen LogP contribution in [-0.4, -0.2) is 13.1 Å².